The van der Waals surface area contributed by atoms with Crippen molar-refractivity contribution in [1.29, 1.82) is 0 Å². The Labute approximate surface area is 122 Å². The smallest absolute Gasteiger partial charge is 0.244 e. The highest BCUT2D eigenvalue weighted by atomic mass is 16.2. The molecule has 3 aliphatic carbocycles. The maximum Gasteiger partial charge on any atom is 0.244 e. The Morgan fingerprint density at radius 2 is 1.65 bits per heavy atom. The second kappa shape index (κ2) is 4.46. The molecule has 0 radical (unpaired) electrons. The summed E-state index contributed by atoms with van der Waals surface area (Å²) in [4.78, 5) is 15.6. The van der Waals surface area contributed by atoms with Crippen LogP contribution in [0.1, 0.15) is 65.2 Å². The van der Waals surface area contributed by atoms with Crippen molar-refractivity contribution in [2.24, 2.45) is 17.8 Å². The number of hydrogen-bond acceptors (Lipinski definition) is 2. The summed E-state index contributed by atoms with van der Waals surface area (Å²) in [5.41, 5.74) is -0.184. The fourth-order valence-electron chi connectivity index (χ4n) is 4.65. The van der Waals surface area contributed by atoms with Crippen LogP contribution in [0.25, 0.3) is 0 Å². The molecule has 1 atom stereocenters. The monoisotopic (exact) mass is 276 g/mol. The number of amides is 1. The molecular weight excluding hydrogens is 248 g/mol. The van der Waals surface area contributed by atoms with E-state index >= 15 is 0 Å². The molecule has 20 heavy (non-hydrogen) atoms. The van der Waals surface area contributed by atoms with E-state index in [1.54, 1.807) is 0 Å². The predicted octanol–water partition coefficient (Wildman–Crippen LogP) is 2.90. The van der Waals surface area contributed by atoms with Crippen LogP contribution >= 0.6 is 0 Å². The summed E-state index contributed by atoms with van der Waals surface area (Å²) in [5, 5.41) is 3.79. The zero-order chi connectivity index (χ0) is 13.9. The van der Waals surface area contributed by atoms with Crippen LogP contribution in [0.3, 0.4) is 0 Å². The van der Waals surface area contributed by atoms with Crippen LogP contribution in [-0.4, -0.2) is 28.6 Å². The topological polar surface area (TPSA) is 32.3 Å². The van der Waals surface area contributed by atoms with Gasteiger partial charge in [0.25, 0.3) is 0 Å². The minimum atomic E-state index is -0.184. The molecular formula is C17H28N2O. The van der Waals surface area contributed by atoms with Crippen molar-refractivity contribution in [3.8, 4) is 0 Å². The van der Waals surface area contributed by atoms with E-state index in [9.17, 15) is 4.79 Å². The summed E-state index contributed by atoms with van der Waals surface area (Å²) in [6, 6.07) is 0.558. The molecule has 0 aromatic heterocycles. The molecule has 112 valence electrons. The molecule has 4 rings (SSSR count). The molecule has 1 unspecified atom stereocenters. The molecule has 1 amide bonds. The lowest BCUT2D eigenvalue weighted by Gasteiger charge is -2.35. The molecule has 1 heterocycles. The summed E-state index contributed by atoms with van der Waals surface area (Å²) in [7, 11) is 0. The van der Waals surface area contributed by atoms with Crippen LogP contribution < -0.4 is 5.32 Å². The lowest BCUT2D eigenvalue weighted by Crippen LogP contribution is -2.49. The van der Waals surface area contributed by atoms with E-state index in [1.807, 2.05) is 0 Å². The molecule has 3 heteroatoms. The summed E-state index contributed by atoms with van der Waals surface area (Å²) in [6.45, 7) is 4.53. The van der Waals surface area contributed by atoms with Gasteiger partial charge in [-0.3, -0.25) is 10.1 Å². The lowest BCUT2D eigenvalue weighted by molar-refractivity contribution is -0.136. The zero-order valence-corrected chi connectivity index (χ0v) is 12.9. The Balaban J connectivity index is 1.65. The van der Waals surface area contributed by atoms with Crippen LogP contribution in [0.4, 0.5) is 0 Å². The molecule has 1 saturated heterocycles. The van der Waals surface area contributed by atoms with Gasteiger partial charge < -0.3 is 4.90 Å². The second-order valence-corrected chi connectivity index (χ2v) is 8.00. The Hall–Kier alpha value is -0.570. The minimum absolute atomic E-state index is 0.184. The Bertz CT molecular complexity index is 393. The number of rotatable bonds is 4. The second-order valence-electron chi connectivity index (χ2n) is 8.00. The first-order chi connectivity index (χ1) is 9.62. The predicted molar refractivity (Wildman–Crippen MR) is 79.0 cm³/mol. The van der Waals surface area contributed by atoms with Gasteiger partial charge in [-0.2, -0.15) is 0 Å². The van der Waals surface area contributed by atoms with Gasteiger partial charge in [0.05, 0.1) is 11.7 Å². The minimum Gasteiger partial charge on any atom is -0.322 e. The van der Waals surface area contributed by atoms with Crippen LogP contribution in [0.5, 0.6) is 0 Å². The van der Waals surface area contributed by atoms with E-state index < -0.39 is 0 Å². The highest BCUT2D eigenvalue weighted by Crippen LogP contribution is 2.50. The van der Waals surface area contributed by atoms with Crippen molar-refractivity contribution in [1.82, 2.24) is 10.2 Å². The van der Waals surface area contributed by atoms with Crippen molar-refractivity contribution in [3.05, 3.63) is 0 Å². The maximum atomic E-state index is 13.2. The van der Waals surface area contributed by atoms with Gasteiger partial charge in [0.2, 0.25) is 5.91 Å². The first-order valence-corrected chi connectivity index (χ1v) is 8.73. The third-order valence-electron chi connectivity index (χ3n) is 5.99. The van der Waals surface area contributed by atoms with Gasteiger partial charge in [-0.25, -0.2) is 0 Å². The number of carbonyl (C=O) groups excluding carboxylic acids is 1. The average molecular weight is 276 g/mol. The molecule has 3 saturated carbocycles. The van der Waals surface area contributed by atoms with E-state index in [1.165, 1.54) is 38.5 Å². The van der Waals surface area contributed by atoms with E-state index in [-0.39, 0.29) is 11.7 Å². The van der Waals surface area contributed by atoms with Gasteiger partial charge in [0.15, 0.2) is 0 Å². The zero-order valence-electron chi connectivity index (χ0n) is 12.9. The van der Waals surface area contributed by atoms with E-state index in [0.29, 0.717) is 17.9 Å². The highest BCUT2D eigenvalue weighted by Gasteiger charge is 2.58. The summed E-state index contributed by atoms with van der Waals surface area (Å²) in [6.07, 6.45) is 10.2. The van der Waals surface area contributed by atoms with Crippen molar-refractivity contribution in [3.63, 3.8) is 0 Å². The quantitative estimate of drug-likeness (QED) is 0.856. The Morgan fingerprint density at radius 3 is 2.10 bits per heavy atom. The molecule has 0 aromatic rings. The van der Waals surface area contributed by atoms with Crippen LogP contribution in [0.15, 0.2) is 0 Å². The average Bonchev–Trinajstić information content (AvgIpc) is 3.34. The Kier molecular flexibility index (Phi) is 2.93. The number of nitrogens with zero attached hydrogens (tertiary/aromatic N) is 1. The molecule has 1 aliphatic heterocycles. The number of nitrogens with one attached hydrogen (secondary N) is 1. The van der Waals surface area contributed by atoms with Crippen molar-refractivity contribution in [2.45, 2.75) is 83.0 Å². The fraction of sp³-hybridized carbons (Fsp3) is 0.941. The first-order valence-electron chi connectivity index (χ1n) is 8.73. The van der Waals surface area contributed by atoms with Crippen molar-refractivity contribution in [2.75, 3.05) is 0 Å². The fourth-order valence-corrected chi connectivity index (χ4v) is 4.65. The molecule has 0 aromatic carbocycles. The first kappa shape index (κ1) is 13.1. The molecule has 0 bridgehead atoms. The van der Waals surface area contributed by atoms with E-state index in [4.69, 9.17) is 0 Å². The summed E-state index contributed by atoms with van der Waals surface area (Å²) < 4.78 is 0. The van der Waals surface area contributed by atoms with Crippen LogP contribution in [0.2, 0.25) is 0 Å². The summed E-state index contributed by atoms with van der Waals surface area (Å²) in [5.74, 6) is 2.59. The van der Waals surface area contributed by atoms with E-state index in [2.05, 4.69) is 24.1 Å². The molecule has 1 N–H and O–H groups in total. The maximum absolute atomic E-state index is 13.2. The van der Waals surface area contributed by atoms with E-state index in [0.717, 1.165) is 24.7 Å². The molecule has 4 fully saturated rings. The van der Waals surface area contributed by atoms with Gasteiger partial charge in [-0.05, 0) is 56.3 Å². The number of carbonyl (C=O) groups is 1. The standard InChI is InChI=1S/C17H28N2O/c1-11(2)15-18-17(9-3-4-10-17)16(20)19(15)14(12-5-6-12)13-7-8-13/h11-15,18H,3-10H2,1-2H3. The normalized spacial score (nSPS) is 33.1. The largest absolute Gasteiger partial charge is 0.322 e. The number of hydrogen-bond donors (Lipinski definition) is 1. The van der Waals surface area contributed by atoms with Gasteiger partial charge in [0.1, 0.15) is 0 Å². The highest BCUT2D eigenvalue weighted by molar-refractivity contribution is 5.89. The third-order valence-corrected chi connectivity index (χ3v) is 5.99. The van der Waals surface area contributed by atoms with Crippen molar-refractivity contribution >= 4 is 5.91 Å². The van der Waals surface area contributed by atoms with Crippen LogP contribution in [-0.2, 0) is 4.79 Å². The van der Waals surface area contributed by atoms with Gasteiger partial charge in [-0.15, -0.1) is 0 Å². The SMILES string of the molecule is CC(C)C1NC2(CCCC2)C(=O)N1C(C1CC1)C1CC1. The summed E-state index contributed by atoms with van der Waals surface area (Å²) >= 11 is 0. The Morgan fingerprint density at radius 1 is 1.10 bits per heavy atom. The van der Waals surface area contributed by atoms with Crippen LogP contribution in [0, 0.1) is 17.8 Å². The van der Waals surface area contributed by atoms with Gasteiger partial charge in [-0.1, -0.05) is 26.7 Å². The lowest BCUT2D eigenvalue weighted by atomic mass is 9.96. The third kappa shape index (κ3) is 1.93. The van der Waals surface area contributed by atoms with Gasteiger partial charge in [0, 0.05) is 6.04 Å². The van der Waals surface area contributed by atoms with Gasteiger partial charge >= 0.3 is 0 Å². The van der Waals surface area contributed by atoms with Crippen molar-refractivity contribution < 1.29 is 4.79 Å². The molecule has 4 aliphatic rings. The molecule has 3 nitrogen and oxygen atoms in total. The molecule has 1 spiro atoms.